The fourth-order valence-corrected chi connectivity index (χ4v) is 5.62. The molecule has 2 amide bonds. The van der Waals surface area contributed by atoms with E-state index in [4.69, 9.17) is 9.47 Å². The van der Waals surface area contributed by atoms with Gasteiger partial charge in [0.1, 0.15) is 18.3 Å². The lowest BCUT2D eigenvalue weighted by molar-refractivity contribution is -0.431. The van der Waals surface area contributed by atoms with E-state index in [0.29, 0.717) is 53.1 Å². The van der Waals surface area contributed by atoms with E-state index in [0.717, 1.165) is 5.56 Å². The number of imide groups is 1. The maximum atomic E-state index is 13.5. The van der Waals surface area contributed by atoms with Crippen molar-refractivity contribution in [2.75, 3.05) is 13.2 Å². The molecule has 0 saturated heterocycles. The van der Waals surface area contributed by atoms with Crippen LogP contribution in [0.15, 0.2) is 102 Å². The predicted octanol–water partition coefficient (Wildman–Crippen LogP) is 5.74. The van der Waals surface area contributed by atoms with E-state index in [1.807, 2.05) is 30.3 Å². The third kappa shape index (κ3) is 6.24. The number of para-hydroxylation sites is 1. The monoisotopic (exact) mass is 595 g/mol. The largest absolute Gasteiger partial charge is 0.489 e. The number of hydrogen-bond acceptors (Lipinski definition) is 8. The van der Waals surface area contributed by atoms with Crippen LogP contribution in [0, 0.1) is 10.1 Å². The number of allylic oxidation sites excluding steroid dienone is 3. The SMILES string of the molecule is CC1=C(C(=O)OCCCCCN2C(=O)c3ccccc3C2=O)C(c2ccccc2OCc2ccccc2)C([N+](=O)[O-])=C(C)N1. The minimum absolute atomic E-state index is 0.0765. The van der Waals surface area contributed by atoms with Crippen LogP contribution in [0.5, 0.6) is 5.75 Å². The molecule has 0 aliphatic carbocycles. The first-order valence-corrected chi connectivity index (χ1v) is 14.5. The van der Waals surface area contributed by atoms with Crippen molar-refractivity contribution in [1.82, 2.24) is 10.2 Å². The van der Waals surface area contributed by atoms with Crippen LogP contribution >= 0.6 is 0 Å². The second kappa shape index (κ2) is 13.4. The first-order chi connectivity index (χ1) is 21.3. The zero-order chi connectivity index (χ0) is 31.2. The van der Waals surface area contributed by atoms with E-state index < -0.39 is 16.8 Å². The summed E-state index contributed by atoms with van der Waals surface area (Å²) in [4.78, 5) is 51.7. The summed E-state index contributed by atoms with van der Waals surface area (Å²) in [7, 11) is 0. The number of nitro groups is 1. The number of nitrogens with zero attached hydrogens (tertiary/aromatic N) is 2. The van der Waals surface area contributed by atoms with Gasteiger partial charge in [-0.3, -0.25) is 24.6 Å². The molecule has 0 spiro atoms. The Kier molecular flexibility index (Phi) is 9.18. The van der Waals surface area contributed by atoms with Gasteiger partial charge in [-0.05, 0) is 56.9 Å². The topological polar surface area (TPSA) is 128 Å². The molecular weight excluding hydrogens is 562 g/mol. The van der Waals surface area contributed by atoms with E-state index in [-0.39, 0.29) is 42.8 Å². The number of carbonyl (C=O) groups is 3. The van der Waals surface area contributed by atoms with Gasteiger partial charge in [-0.2, -0.15) is 0 Å². The van der Waals surface area contributed by atoms with Gasteiger partial charge in [0.25, 0.3) is 17.5 Å². The lowest BCUT2D eigenvalue weighted by atomic mass is 9.83. The van der Waals surface area contributed by atoms with Crippen LogP contribution in [0.25, 0.3) is 0 Å². The highest BCUT2D eigenvalue weighted by Gasteiger charge is 2.42. The molecular formula is C34H33N3O7. The highest BCUT2D eigenvalue weighted by Crippen LogP contribution is 2.42. The van der Waals surface area contributed by atoms with Gasteiger partial charge in [-0.25, -0.2) is 4.79 Å². The molecule has 2 aliphatic rings. The lowest BCUT2D eigenvalue weighted by Gasteiger charge is -2.27. The molecule has 3 aromatic rings. The molecule has 0 aromatic heterocycles. The quantitative estimate of drug-likeness (QED) is 0.0923. The highest BCUT2D eigenvalue weighted by atomic mass is 16.6. The Bertz CT molecular complexity index is 1630. The van der Waals surface area contributed by atoms with E-state index >= 15 is 0 Å². The first kappa shape index (κ1) is 30.2. The summed E-state index contributed by atoms with van der Waals surface area (Å²) in [5.41, 5.74) is 3.04. The summed E-state index contributed by atoms with van der Waals surface area (Å²) in [6, 6.07) is 23.3. The fourth-order valence-electron chi connectivity index (χ4n) is 5.62. The van der Waals surface area contributed by atoms with E-state index in [2.05, 4.69) is 5.32 Å². The molecule has 2 aliphatic heterocycles. The summed E-state index contributed by atoms with van der Waals surface area (Å²) in [6.07, 6.45) is 1.65. The number of unbranched alkanes of at least 4 members (excludes halogenated alkanes) is 2. The number of hydrogen-bond donors (Lipinski definition) is 1. The molecule has 0 fully saturated rings. The van der Waals surface area contributed by atoms with Crippen LogP contribution in [-0.2, 0) is 16.1 Å². The van der Waals surface area contributed by atoms with Gasteiger partial charge in [0.05, 0.1) is 33.9 Å². The lowest BCUT2D eigenvalue weighted by Crippen LogP contribution is -2.32. The molecule has 1 atom stereocenters. The Balaban J connectivity index is 1.25. The molecule has 44 heavy (non-hydrogen) atoms. The molecule has 3 aromatic carbocycles. The van der Waals surface area contributed by atoms with Crippen molar-refractivity contribution >= 4 is 17.8 Å². The Labute approximate surface area is 255 Å². The van der Waals surface area contributed by atoms with Crippen molar-refractivity contribution in [2.45, 2.75) is 45.6 Å². The number of nitrogens with one attached hydrogen (secondary N) is 1. The van der Waals surface area contributed by atoms with Crippen LogP contribution in [0.1, 0.15) is 70.9 Å². The molecule has 0 bridgehead atoms. The van der Waals surface area contributed by atoms with Crippen molar-refractivity contribution < 1.29 is 28.8 Å². The Morgan fingerprint density at radius 2 is 1.50 bits per heavy atom. The number of ether oxygens (including phenoxy) is 2. The van der Waals surface area contributed by atoms with E-state index in [1.165, 1.54) is 4.90 Å². The average molecular weight is 596 g/mol. The third-order valence-electron chi connectivity index (χ3n) is 7.75. The van der Waals surface area contributed by atoms with Crippen molar-refractivity contribution in [3.63, 3.8) is 0 Å². The predicted molar refractivity (Wildman–Crippen MR) is 162 cm³/mol. The van der Waals surface area contributed by atoms with Crippen LogP contribution in [0.3, 0.4) is 0 Å². The second-order valence-electron chi connectivity index (χ2n) is 10.7. The molecule has 0 saturated carbocycles. The van der Waals surface area contributed by atoms with Gasteiger partial charge in [-0.15, -0.1) is 0 Å². The number of esters is 1. The number of carbonyl (C=O) groups excluding carboxylic acids is 3. The van der Waals surface area contributed by atoms with Gasteiger partial charge in [0.15, 0.2) is 0 Å². The maximum Gasteiger partial charge on any atom is 0.336 e. The summed E-state index contributed by atoms with van der Waals surface area (Å²) in [5.74, 6) is -1.84. The van der Waals surface area contributed by atoms with Gasteiger partial charge in [-0.1, -0.05) is 60.7 Å². The van der Waals surface area contributed by atoms with Crippen molar-refractivity contribution in [1.29, 1.82) is 0 Å². The van der Waals surface area contributed by atoms with E-state index in [9.17, 15) is 24.5 Å². The number of fused-ring (bicyclic) bond motifs is 1. The molecule has 1 unspecified atom stereocenters. The van der Waals surface area contributed by atoms with Gasteiger partial charge in [0.2, 0.25) is 0 Å². The average Bonchev–Trinajstić information content (AvgIpc) is 3.26. The van der Waals surface area contributed by atoms with Gasteiger partial charge in [0, 0.05) is 17.8 Å². The van der Waals surface area contributed by atoms with Crippen LogP contribution in [-0.4, -0.2) is 40.8 Å². The fraction of sp³-hybridized carbons (Fsp3) is 0.265. The first-order valence-electron chi connectivity index (χ1n) is 14.5. The standard InChI is InChI=1S/C34H33N3O7/c1-22-29(34(40)43-20-12-4-11-19-36-32(38)25-15-7-8-16-26(25)33(36)39)30(31(37(41)42)23(2)35-22)27-17-9-10-18-28(27)44-21-24-13-5-3-6-14-24/h3,5-10,13-18,30,35H,4,11-12,19-21H2,1-2H3. The molecule has 226 valence electrons. The molecule has 10 nitrogen and oxygen atoms in total. The van der Waals surface area contributed by atoms with Crippen molar-refractivity contribution in [3.8, 4) is 5.75 Å². The smallest absolute Gasteiger partial charge is 0.336 e. The van der Waals surface area contributed by atoms with Crippen LogP contribution in [0.4, 0.5) is 0 Å². The summed E-state index contributed by atoms with van der Waals surface area (Å²) >= 11 is 0. The molecule has 2 heterocycles. The minimum Gasteiger partial charge on any atom is -0.489 e. The molecule has 10 heteroatoms. The van der Waals surface area contributed by atoms with E-state index in [1.54, 1.807) is 62.4 Å². The molecule has 1 N–H and O–H groups in total. The number of dihydropyridines is 1. The normalized spacial score (nSPS) is 16.1. The zero-order valence-electron chi connectivity index (χ0n) is 24.6. The Morgan fingerprint density at radius 3 is 2.18 bits per heavy atom. The summed E-state index contributed by atoms with van der Waals surface area (Å²) in [6.45, 7) is 3.90. The second-order valence-corrected chi connectivity index (χ2v) is 10.7. The molecule has 0 radical (unpaired) electrons. The van der Waals surface area contributed by atoms with Gasteiger partial charge >= 0.3 is 5.97 Å². The Morgan fingerprint density at radius 1 is 0.864 bits per heavy atom. The van der Waals surface area contributed by atoms with Crippen molar-refractivity contribution in [3.05, 3.63) is 134 Å². The number of benzene rings is 3. The summed E-state index contributed by atoms with van der Waals surface area (Å²) in [5, 5.41) is 15.3. The Hall–Kier alpha value is -5.25. The third-order valence-corrected chi connectivity index (χ3v) is 7.75. The highest BCUT2D eigenvalue weighted by molar-refractivity contribution is 6.21. The number of amides is 2. The maximum absolute atomic E-state index is 13.5. The van der Waals surface area contributed by atoms with Crippen LogP contribution in [0.2, 0.25) is 0 Å². The molecule has 5 rings (SSSR count). The summed E-state index contributed by atoms with van der Waals surface area (Å²) < 4.78 is 11.7. The van der Waals surface area contributed by atoms with Gasteiger partial charge < -0.3 is 14.8 Å². The van der Waals surface area contributed by atoms with Crippen LogP contribution < -0.4 is 10.1 Å². The minimum atomic E-state index is -1.01. The number of rotatable bonds is 12. The van der Waals surface area contributed by atoms with Crippen molar-refractivity contribution in [2.24, 2.45) is 0 Å². The zero-order valence-corrected chi connectivity index (χ0v) is 24.6.